The van der Waals surface area contributed by atoms with E-state index in [1.807, 2.05) is 53.3 Å². The molecule has 1 aliphatic carbocycles. The quantitative estimate of drug-likeness (QED) is 0.746. The molecule has 1 aliphatic rings. The van der Waals surface area contributed by atoms with Gasteiger partial charge in [-0.05, 0) is 24.0 Å². The molecule has 132 valence electrons. The molecule has 1 saturated carbocycles. The number of hydrogen-bond donors (Lipinski definition) is 1. The Morgan fingerprint density at radius 1 is 0.962 bits per heavy atom. The molecule has 0 unspecified atom stereocenters. The van der Waals surface area contributed by atoms with Gasteiger partial charge in [0, 0.05) is 12.3 Å². The normalized spacial score (nSPS) is 15.7. The van der Waals surface area contributed by atoms with E-state index in [1.165, 1.54) is 5.56 Å². The molecule has 4 nitrogen and oxygen atoms in total. The fraction of sp³-hybridized carbons (Fsp3) is 0.273. The monoisotopic (exact) mass is 345 g/mol. The van der Waals surface area contributed by atoms with Gasteiger partial charge in [-0.25, -0.2) is 0 Å². The third-order valence-corrected chi connectivity index (χ3v) is 5.29. The maximum atomic E-state index is 13.1. The summed E-state index contributed by atoms with van der Waals surface area (Å²) in [5.41, 5.74) is 1.87. The predicted octanol–water partition coefficient (Wildman–Crippen LogP) is 4.38. The fourth-order valence-electron chi connectivity index (χ4n) is 3.91. The van der Waals surface area contributed by atoms with Gasteiger partial charge in [-0.2, -0.15) is 5.10 Å². The first-order valence-corrected chi connectivity index (χ1v) is 9.21. The second kappa shape index (κ2) is 7.16. The van der Waals surface area contributed by atoms with Gasteiger partial charge in [0.2, 0.25) is 5.91 Å². The smallest absolute Gasteiger partial charge is 0.236 e. The highest BCUT2D eigenvalue weighted by Crippen LogP contribution is 2.41. The Balaban J connectivity index is 1.51. The van der Waals surface area contributed by atoms with Crippen LogP contribution in [-0.2, 0) is 16.8 Å². The summed E-state index contributed by atoms with van der Waals surface area (Å²) in [6.45, 7) is 0.695. The molecule has 2 aromatic carbocycles. The number of nitrogens with one attached hydrogen (secondary N) is 1. The lowest BCUT2D eigenvalue weighted by molar-refractivity contribution is -0.121. The van der Waals surface area contributed by atoms with Crippen LogP contribution in [0.15, 0.2) is 72.9 Å². The summed E-state index contributed by atoms with van der Waals surface area (Å²) < 4.78 is 1.86. The van der Waals surface area contributed by atoms with Crippen molar-refractivity contribution in [2.75, 3.05) is 5.32 Å². The van der Waals surface area contributed by atoms with E-state index >= 15 is 0 Å². The molecule has 0 bridgehead atoms. The van der Waals surface area contributed by atoms with Crippen LogP contribution in [0.25, 0.3) is 0 Å². The van der Waals surface area contributed by atoms with E-state index in [2.05, 4.69) is 34.7 Å². The van der Waals surface area contributed by atoms with Crippen molar-refractivity contribution in [3.05, 3.63) is 84.1 Å². The summed E-state index contributed by atoms with van der Waals surface area (Å²) in [5, 5.41) is 7.58. The number of hydrogen-bond acceptors (Lipinski definition) is 2. The molecular weight excluding hydrogens is 322 g/mol. The van der Waals surface area contributed by atoms with Crippen LogP contribution in [0, 0.1) is 0 Å². The summed E-state index contributed by atoms with van der Waals surface area (Å²) in [5.74, 6) is 0.680. The molecule has 4 heteroatoms. The first-order chi connectivity index (χ1) is 12.8. The first-order valence-electron chi connectivity index (χ1n) is 9.21. The van der Waals surface area contributed by atoms with Crippen LogP contribution < -0.4 is 5.32 Å². The van der Waals surface area contributed by atoms with Crippen molar-refractivity contribution < 1.29 is 4.79 Å². The van der Waals surface area contributed by atoms with E-state index in [1.54, 1.807) is 0 Å². The summed E-state index contributed by atoms with van der Waals surface area (Å²) >= 11 is 0. The average Bonchev–Trinajstić information content (AvgIpc) is 3.34. The lowest BCUT2D eigenvalue weighted by Gasteiger charge is -2.27. The molecule has 3 aromatic rings. The average molecular weight is 345 g/mol. The zero-order chi connectivity index (χ0) is 17.8. The van der Waals surface area contributed by atoms with Crippen LogP contribution in [0.2, 0.25) is 0 Å². The van der Waals surface area contributed by atoms with E-state index in [9.17, 15) is 4.79 Å². The van der Waals surface area contributed by atoms with Crippen molar-refractivity contribution in [3.63, 3.8) is 0 Å². The minimum absolute atomic E-state index is 0.0613. The standard InChI is InChI=1S/C22H23N3O/c26-21(22(14-7-8-15-22)19-11-5-2-6-12-19)23-20-13-16-25(24-20)17-18-9-3-1-4-10-18/h1-6,9-13,16H,7-8,14-15,17H2,(H,23,24,26). The molecule has 1 fully saturated rings. The van der Waals surface area contributed by atoms with Gasteiger partial charge in [-0.1, -0.05) is 73.5 Å². The van der Waals surface area contributed by atoms with Crippen LogP contribution in [0.4, 0.5) is 5.82 Å². The number of anilines is 1. The topological polar surface area (TPSA) is 46.9 Å². The van der Waals surface area contributed by atoms with Crippen LogP contribution in [0.3, 0.4) is 0 Å². The van der Waals surface area contributed by atoms with Gasteiger partial charge in [0.05, 0.1) is 12.0 Å². The number of nitrogens with zero attached hydrogens (tertiary/aromatic N) is 2. The number of carbonyl (C=O) groups is 1. The van der Waals surface area contributed by atoms with Crippen LogP contribution in [-0.4, -0.2) is 15.7 Å². The van der Waals surface area contributed by atoms with E-state index < -0.39 is 5.41 Å². The Morgan fingerprint density at radius 3 is 2.31 bits per heavy atom. The van der Waals surface area contributed by atoms with Gasteiger partial charge >= 0.3 is 0 Å². The highest BCUT2D eigenvalue weighted by molar-refractivity contribution is 5.98. The Bertz CT molecular complexity index is 865. The van der Waals surface area contributed by atoms with Crippen molar-refractivity contribution in [1.82, 2.24) is 9.78 Å². The lowest BCUT2D eigenvalue weighted by atomic mass is 9.78. The number of aromatic nitrogens is 2. The van der Waals surface area contributed by atoms with Gasteiger partial charge in [0.25, 0.3) is 0 Å². The Morgan fingerprint density at radius 2 is 1.62 bits per heavy atom. The fourth-order valence-corrected chi connectivity index (χ4v) is 3.91. The number of carbonyl (C=O) groups excluding carboxylic acids is 1. The molecule has 0 aliphatic heterocycles. The second-order valence-electron chi connectivity index (χ2n) is 6.99. The largest absolute Gasteiger partial charge is 0.308 e. The Hall–Kier alpha value is -2.88. The van der Waals surface area contributed by atoms with Gasteiger partial charge < -0.3 is 5.32 Å². The molecule has 4 rings (SSSR count). The maximum Gasteiger partial charge on any atom is 0.236 e. The summed E-state index contributed by atoms with van der Waals surface area (Å²) in [7, 11) is 0. The minimum atomic E-state index is -0.426. The SMILES string of the molecule is O=C(Nc1ccn(Cc2ccccc2)n1)C1(c2ccccc2)CCCC1. The summed E-state index contributed by atoms with van der Waals surface area (Å²) in [6.07, 6.45) is 5.88. The van der Waals surface area contributed by atoms with Crippen molar-refractivity contribution in [3.8, 4) is 0 Å². The van der Waals surface area contributed by atoms with E-state index in [0.29, 0.717) is 12.4 Å². The first kappa shape index (κ1) is 16.6. The second-order valence-corrected chi connectivity index (χ2v) is 6.99. The third kappa shape index (κ3) is 3.27. The van der Waals surface area contributed by atoms with Gasteiger partial charge in [-0.3, -0.25) is 9.48 Å². The van der Waals surface area contributed by atoms with Crippen molar-refractivity contribution in [2.24, 2.45) is 0 Å². The third-order valence-electron chi connectivity index (χ3n) is 5.29. The molecule has 26 heavy (non-hydrogen) atoms. The van der Waals surface area contributed by atoms with Crippen molar-refractivity contribution in [2.45, 2.75) is 37.6 Å². The summed E-state index contributed by atoms with van der Waals surface area (Å²) in [6, 6.07) is 22.2. The molecule has 0 saturated heterocycles. The van der Waals surface area contributed by atoms with Crippen molar-refractivity contribution in [1.29, 1.82) is 0 Å². The number of benzene rings is 2. The molecular formula is C22H23N3O. The zero-order valence-electron chi connectivity index (χ0n) is 14.8. The van der Waals surface area contributed by atoms with E-state index in [0.717, 1.165) is 31.2 Å². The van der Waals surface area contributed by atoms with E-state index in [-0.39, 0.29) is 5.91 Å². The van der Waals surface area contributed by atoms with Gasteiger partial charge in [0.1, 0.15) is 0 Å². The summed E-state index contributed by atoms with van der Waals surface area (Å²) in [4.78, 5) is 13.1. The lowest BCUT2D eigenvalue weighted by Crippen LogP contribution is -2.38. The van der Waals surface area contributed by atoms with Gasteiger partial charge in [0.15, 0.2) is 5.82 Å². The van der Waals surface area contributed by atoms with E-state index in [4.69, 9.17) is 0 Å². The molecule has 0 radical (unpaired) electrons. The molecule has 1 N–H and O–H groups in total. The van der Waals surface area contributed by atoms with Gasteiger partial charge in [-0.15, -0.1) is 0 Å². The Kier molecular flexibility index (Phi) is 4.57. The maximum absolute atomic E-state index is 13.1. The Labute approximate surface area is 153 Å². The molecule has 0 spiro atoms. The predicted molar refractivity (Wildman–Crippen MR) is 103 cm³/mol. The van der Waals surface area contributed by atoms with Crippen LogP contribution in [0.1, 0.15) is 36.8 Å². The zero-order valence-corrected chi connectivity index (χ0v) is 14.8. The molecule has 0 atom stereocenters. The van der Waals surface area contributed by atoms with Crippen molar-refractivity contribution >= 4 is 11.7 Å². The van der Waals surface area contributed by atoms with Crippen LogP contribution >= 0.6 is 0 Å². The molecule has 1 heterocycles. The molecule has 1 amide bonds. The molecule has 1 aromatic heterocycles. The highest BCUT2D eigenvalue weighted by atomic mass is 16.2. The minimum Gasteiger partial charge on any atom is -0.308 e. The number of rotatable bonds is 5. The number of amides is 1. The highest BCUT2D eigenvalue weighted by Gasteiger charge is 2.42. The van der Waals surface area contributed by atoms with Crippen LogP contribution in [0.5, 0.6) is 0 Å².